The fraction of sp³-hybridized carbons (Fsp3) is 0.471. The second-order valence-electron chi connectivity index (χ2n) is 11.8. The van der Waals surface area contributed by atoms with E-state index in [4.69, 9.17) is 30.5 Å². The molecule has 4 rings (SSSR count). The van der Waals surface area contributed by atoms with Crippen LogP contribution in [-0.4, -0.2) is 61.8 Å². The first-order valence-corrected chi connectivity index (χ1v) is 15.6. The van der Waals surface area contributed by atoms with Gasteiger partial charge in [-0.2, -0.15) is 0 Å². The number of rotatable bonds is 8. The number of amides is 2. The van der Waals surface area contributed by atoms with Crippen LogP contribution in [0.1, 0.15) is 57.3 Å². The standard InChI is InChI=1S/C34H41ClN2O8/c1-20(2)17-28-34(41)44-26(21(3)31-32(45-31)23-9-6-5-7-10-23)11-8-12-29(38)37-25(33(40)36-16-15-30(39)43-28)19-22-13-14-27(42-4)24(35)18-22/h5-10,12-14,18,20-21,25-26,28,31-32H,11,15-17,19H2,1-4H3,(H,36,40)(H,37,38)/b12-8+/t21-,25?,26?,28-,31+,32+/m0/s1. The summed E-state index contributed by atoms with van der Waals surface area (Å²) in [5.74, 6) is -1.99. The van der Waals surface area contributed by atoms with Crippen molar-refractivity contribution in [2.24, 2.45) is 11.8 Å². The highest BCUT2D eigenvalue weighted by atomic mass is 35.5. The fourth-order valence-corrected chi connectivity index (χ4v) is 5.58. The SMILES string of the molecule is COc1ccc(CC2NC(=O)/C=C/CC([C@H](C)[C@H]3O[C@@H]3c3ccccc3)OC(=O)[C@H](CC(C)C)OC(=O)CCNC2=O)cc1Cl. The van der Waals surface area contributed by atoms with E-state index in [1.807, 2.05) is 51.1 Å². The van der Waals surface area contributed by atoms with Crippen LogP contribution in [0.4, 0.5) is 0 Å². The lowest BCUT2D eigenvalue weighted by atomic mass is 9.93. The van der Waals surface area contributed by atoms with E-state index < -0.39 is 42.0 Å². The smallest absolute Gasteiger partial charge is 0.347 e. The Bertz CT molecular complexity index is 1380. The lowest BCUT2D eigenvalue weighted by Gasteiger charge is -2.26. The summed E-state index contributed by atoms with van der Waals surface area (Å²) in [6.45, 7) is 5.72. The van der Waals surface area contributed by atoms with E-state index in [0.29, 0.717) is 16.3 Å². The number of ether oxygens (including phenoxy) is 4. The second kappa shape index (κ2) is 15.9. The van der Waals surface area contributed by atoms with Gasteiger partial charge in [0.1, 0.15) is 24.0 Å². The Balaban J connectivity index is 1.55. The molecular weight excluding hydrogens is 600 g/mol. The zero-order valence-corrected chi connectivity index (χ0v) is 26.8. The largest absolute Gasteiger partial charge is 0.495 e. The molecule has 1 saturated heterocycles. The monoisotopic (exact) mass is 640 g/mol. The van der Waals surface area contributed by atoms with Crippen molar-refractivity contribution in [1.82, 2.24) is 10.6 Å². The van der Waals surface area contributed by atoms with Gasteiger partial charge < -0.3 is 29.6 Å². The number of epoxide rings is 1. The average molecular weight is 641 g/mol. The summed E-state index contributed by atoms with van der Waals surface area (Å²) in [5.41, 5.74) is 1.73. The molecule has 2 aliphatic rings. The summed E-state index contributed by atoms with van der Waals surface area (Å²) in [7, 11) is 1.50. The molecule has 1 fully saturated rings. The van der Waals surface area contributed by atoms with Crippen LogP contribution in [0.2, 0.25) is 5.02 Å². The Hall–Kier alpha value is -3.89. The number of halogens is 1. The molecule has 2 N–H and O–H groups in total. The average Bonchev–Trinajstić information content (AvgIpc) is 3.80. The third-order valence-corrected chi connectivity index (χ3v) is 8.10. The number of hydrogen-bond donors (Lipinski definition) is 2. The van der Waals surface area contributed by atoms with Crippen molar-refractivity contribution in [3.8, 4) is 5.75 Å². The topological polar surface area (TPSA) is 133 Å². The van der Waals surface area contributed by atoms with Crippen molar-refractivity contribution in [2.45, 2.75) is 76.9 Å². The number of nitrogens with one attached hydrogen (secondary N) is 2. The molecule has 10 nitrogen and oxygen atoms in total. The van der Waals surface area contributed by atoms with Crippen LogP contribution in [0, 0.1) is 11.8 Å². The summed E-state index contributed by atoms with van der Waals surface area (Å²) >= 11 is 6.28. The third-order valence-electron chi connectivity index (χ3n) is 7.80. The molecule has 242 valence electrons. The van der Waals surface area contributed by atoms with Crippen LogP contribution < -0.4 is 15.4 Å². The molecule has 0 saturated carbocycles. The molecule has 0 aromatic heterocycles. The molecule has 2 aromatic rings. The number of hydrogen-bond acceptors (Lipinski definition) is 8. The maximum absolute atomic E-state index is 13.4. The first kappa shape index (κ1) is 34.0. The van der Waals surface area contributed by atoms with Gasteiger partial charge in [-0.3, -0.25) is 14.4 Å². The van der Waals surface area contributed by atoms with Crippen LogP contribution in [0.25, 0.3) is 0 Å². The number of benzene rings is 2. The van der Waals surface area contributed by atoms with Gasteiger partial charge in [-0.25, -0.2) is 4.79 Å². The number of carbonyl (C=O) groups excluding carboxylic acids is 4. The lowest BCUT2D eigenvalue weighted by molar-refractivity contribution is -0.174. The summed E-state index contributed by atoms with van der Waals surface area (Å²) in [4.78, 5) is 52.3. The van der Waals surface area contributed by atoms with Crippen molar-refractivity contribution in [2.75, 3.05) is 13.7 Å². The van der Waals surface area contributed by atoms with Crippen LogP contribution in [0.3, 0.4) is 0 Å². The molecule has 6 atom stereocenters. The van der Waals surface area contributed by atoms with Crippen molar-refractivity contribution >= 4 is 35.4 Å². The molecule has 0 aliphatic carbocycles. The number of esters is 2. The molecule has 2 aliphatic heterocycles. The summed E-state index contributed by atoms with van der Waals surface area (Å²) in [6.07, 6.45) is 1.28. The van der Waals surface area contributed by atoms with E-state index in [-0.39, 0.29) is 56.3 Å². The van der Waals surface area contributed by atoms with E-state index in [1.165, 1.54) is 13.2 Å². The van der Waals surface area contributed by atoms with Crippen LogP contribution in [-0.2, 0) is 39.8 Å². The van der Waals surface area contributed by atoms with Crippen molar-refractivity contribution in [1.29, 1.82) is 0 Å². The normalized spacial score (nSPS) is 26.2. The summed E-state index contributed by atoms with van der Waals surface area (Å²) < 4.78 is 22.7. The Morgan fingerprint density at radius 1 is 1.02 bits per heavy atom. The predicted molar refractivity (Wildman–Crippen MR) is 167 cm³/mol. The van der Waals surface area contributed by atoms with E-state index in [1.54, 1.807) is 24.3 Å². The molecule has 0 spiro atoms. The highest BCUT2D eigenvalue weighted by molar-refractivity contribution is 6.32. The minimum Gasteiger partial charge on any atom is -0.495 e. The van der Waals surface area contributed by atoms with E-state index in [9.17, 15) is 19.2 Å². The number of methoxy groups -OCH3 is 1. The fourth-order valence-electron chi connectivity index (χ4n) is 5.30. The first-order valence-electron chi connectivity index (χ1n) is 15.2. The Kier molecular flexibility index (Phi) is 12.0. The quantitative estimate of drug-likeness (QED) is 0.319. The second-order valence-corrected chi connectivity index (χ2v) is 12.2. The Morgan fingerprint density at radius 2 is 1.78 bits per heavy atom. The van der Waals surface area contributed by atoms with Crippen molar-refractivity contribution in [3.05, 3.63) is 76.8 Å². The maximum Gasteiger partial charge on any atom is 0.347 e. The van der Waals surface area contributed by atoms with Crippen molar-refractivity contribution < 1.29 is 38.1 Å². The first-order chi connectivity index (χ1) is 21.5. The minimum absolute atomic E-state index is 0.0431. The predicted octanol–water partition coefficient (Wildman–Crippen LogP) is 4.49. The molecule has 2 amide bonds. The Labute approximate surface area is 268 Å². The molecular formula is C34H41ClN2O8. The lowest BCUT2D eigenvalue weighted by Crippen LogP contribution is -2.48. The highest BCUT2D eigenvalue weighted by Gasteiger charge is 2.47. The molecule has 0 bridgehead atoms. The summed E-state index contributed by atoms with van der Waals surface area (Å²) in [6, 6.07) is 13.9. The molecule has 11 heteroatoms. The third kappa shape index (κ3) is 9.80. The molecule has 45 heavy (non-hydrogen) atoms. The van der Waals surface area contributed by atoms with E-state index in [0.717, 1.165) is 5.56 Å². The zero-order valence-electron chi connectivity index (χ0n) is 26.0. The zero-order chi connectivity index (χ0) is 32.5. The maximum atomic E-state index is 13.4. The van der Waals surface area contributed by atoms with E-state index in [2.05, 4.69) is 10.6 Å². The van der Waals surface area contributed by atoms with Gasteiger partial charge in [0.2, 0.25) is 11.8 Å². The van der Waals surface area contributed by atoms with Crippen molar-refractivity contribution in [3.63, 3.8) is 0 Å². The van der Waals surface area contributed by atoms with Gasteiger partial charge in [-0.05, 0) is 41.7 Å². The number of cyclic esters (lactones) is 2. The minimum atomic E-state index is -1.11. The van der Waals surface area contributed by atoms with E-state index >= 15 is 0 Å². The van der Waals surface area contributed by atoms with Gasteiger partial charge in [-0.15, -0.1) is 0 Å². The number of carbonyl (C=O) groups is 4. The van der Waals surface area contributed by atoms with Gasteiger partial charge in [0.05, 0.1) is 24.7 Å². The van der Waals surface area contributed by atoms with Crippen LogP contribution >= 0.6 is 11.6 Å². The van der Waals surface area contributed by atoms with Gasteiger partial charge in [-0.1, -0.05) is 74.8 Å². The van der Waals surface area contributed by atoms with Gasteiger partial charge in [0.25, 0.3) is 0 Å². The highest BCUT2D eigenvalue weighted by Crippen LogP contribution is 2.45. The Morgan fingerprint density at radius 3 is 2.47 bits per heavy atom. The van der Waals surface area contributed by atoms with Crippen LogP contribution in [0.5, 0.6) is 5.75 Å². The van der Waals surface area contributed by atoms with Gasteiger partial charge in [0.15, 0.2) is 6.10 Å². The molecule has 2 heterocycles. The molecule has 0 radical (unpaired) electrons. The van der Waals surface area contributed by atoms with Gasteiger partial charge >= 0.3 is 11.9 Å². The van der Waals surface area contributed by atoms with Gasteiger partial charge in [0, 0.05) is 25.3 Å². The molecule has 2 aromatic carbocycles. The van der Waals surface area contributed by atoms with Crippen LogP contribution in [0.15, 0.2) is 60.7 Å². The molecule has 2 unspecified atom stereocenters. The summed E-state index contributed by atoms with van der Waals surface area (Å²) in [5, 5.41) is 5.80.